The summed E-state index contributed by atoms with van der Waals surface area (Å²) in [6.45, 7) is 5.30. The van der Waals surface area contributed by atoms with E-state index in [1.807, 2.05) is 19.1 Å². The number of nitrogens with one attached hydrogen (secondary N) is 2. The van der Waals surface area contributed by atoms with Gasteiger partial charge in [-0.1, -0.05) is 13.0 Å². The van der Waals surface area contributed by atoms with E-state index < -0.39 is 5.91 Å². The second kappa shape index (κ2) is 8.97. The zero-order valence-electron chi connectivity index (χ0n) is 12.6. The summed E-state index contributed by atoms with van der Waals surface area (Å²) in [5, 5.41) is 6.00. The molecule has 0 fully saturated rings. The minimum absolute atomic E-state index is 0.135. The maximum atomic E-state index is 12.1. The molecule has 0 radical (unpaired) electrons. The van der Waals surface area contributed by atoms with Gasteiger partial charge in [0.2, 0.25) is 5.91 Å². The summed E-state index contributed by atoms with van der Waals surface area (Å²) in [6.07, 6.45) is 0.982. The highest BCUT2D eigenvalue weighted by molar-refractivity contribution is 5.99. The Morgan fingerprint density at radius 2 is 2.05 bits per heavy atom. The Kier molecular flexibility index (Phi) is 7.25. The van der Waals surface area contributed by atoms with Crippen LogP contribution in [0.5, 0.6) is 0 Å². The Labute approximate surface area is 125 Å². The van der Waals surface area contributed by atoms with E-state index >= 15 is 0 Å². The van der Waals surface area contributed by atoms with Crippen molar-refractivity contribution in [3.63, 3.8) is 0 Å². The molecule has 21 heavy (non-hydrogen) atoms. The number of anilines is 1. The number of primary amides is 1. The lowest BCUT2D eigenvalue weighted by atomic mass is 10.1. The monoisotopic (exact) mass is 293 g/mol. The van der Waals surface area contributed by atoms with Crippen molar-refractivity contribution in [2.24, 2.45) is 5.73 Å². The Hall–Kier alpha value is -2.08. The SMILES string of the molecule is CCCNc1cc(C)ccc1C(=O)NCCOCC(N)=O. The lowest BCUT2D eigenvalue weighted by Gasteiger charge is -2.12. The van der Waals surface area contributed by atoms with Crippen LogP contribution in [0.25, 0.3) is 0 Å². The molecule has 0 aliphatic rings. The fourth-order valence-electron chi connectivity index (χ4n) is 1.77. The van der Waals surface area contributed by atoms with Gasteiger partial charge < -0.3 is 21.1 Å². The van der Waals surface area contributed by atoms with Gasteiger partial charge in [0.25, 0.3) is 5.91 Å². The van der Waals surface area contributed by atoms with Crippen LogP contribution in [-0.4, -0.2) is 38.1 Å². The van der Waals surface area contributed by atoms with Crippen LogP contribution in [0.3, 0.4) is 0 Å². The molecule has 0 unspecified atom stereocenters. The molecular formula is C15H23N3O3. The van der Waals surface area contributed by atoms with Gasteiger partial charge in [0.15, 0.2) is 0 Å². The average Bonchev–Trinajstić information content (AvgIpc) is 2.44. The normalized spacial score (nSPS) is 10.2. The van der Waals surface area contributed by atoms with Crippen molar-refractivity contribution in [3.05, 3.63) is 29.3 Å². The number of hydrogen-bond acceptors (Lipinski definition) is 4. The van der Waals surface area contributed by atoms with Gasteiger partial charge >= 0.3 is 0 Å². The second-order valence-electron chi connectivity index (χ2n) is 4.75. The van der Waals surface area contributed by atoms with E-state index in [9.17, 15) is 9.59 Å². The number of ether oxygens (including phenoxy) is 1. The van der Waals surface area contributed by atoms with E-state index in [4.69, 9.17) is 10.5 Å². The Morgan fingerprint density at radius 3 is 2.71 bits per heavy atom. The Morgan fingerprint density at radius 1 is 1.29 bits per heavy atom. The first-order valence-corrected chi connectivity index (χ1v) is 7.03. The van der Waals surface area contributed by atoms with Gasteiger partial charge in [-0.05, 0) is 31.0 Å². The zero-order valence-corrected chi connectivity index (χ0v) is 12.6. The Bertz CT molecular complexity index is 489. The first kappa shape index (κ1) is 17.0. The lowest BCUT2D eigenvalue weighted by Crippen LogP contribution is -2.29. The molecule has 0 heterocycles. The molecular weight excluding hydrogens is 270 g/mol. The van der Waals surface area contributed by atoms with Gasteiger partial charge in [-0.2, -0.15) is 0 Å². The Balaban J connectivity index is 2.54. The van der Waals surface area contributed by atoms with Crippen LogP contribution in [0.1, 0.15) is 29.3 Å². The molecule has 6 heteroatoms. The highest BCUT2D eigenvalue weighted by atomic mass is 16.5. The fraction of sp³-hybridized carbons (Fsp3) is 0.467. The fourth-order valence-corrected chi connectivity index (χ4v) is 1.77. The summed E-state index contributed by atoms with van der Waals surface area (Å²) in [5.41, 5.74) is 7.47. The molecule has 6 nitrogen and oxygen atoms in total. The number of nitrogens with two attached hydrogens (primary N) is 1. The molecule has 0 saturated carbocycles. The van der Waals surface area contributed by atoms with Crippen molar-refractivity contribution in [2.75, 3.05) is 31.6 Å². The van der Waals surface area contributed by atoms with Gasteiger partial charge in [0.1, 0.15) is 6.61 Å². The molecule has 0 atom stereocenters. The van der Waals surface area contributed by atoms with Crippen LogP contribution < -0.4 is 16.4 Å². The van der Waals surface area contributed by atoms with Crippen LogP contribution in [0.15, 0.2) is 18.2 Å². The topological polar surface area (TPSA) is 93.4 Å². The van der Waals surface area contributed by atoms with Gasteiger partial charge in [0.05, 0.1) is 12.2 Å². The third-order valence-electron chi connectivity index (χ3n) is 2.76. The molecule has 1 rings (SSSR count). The summed E-state index contributed by atoms with van der Waals surface area (Å²) < 4.78 is 4.99. The molecule has 116 valence electrons. The van der Waals surface area contributed by atoms with Gasteiger partial charge in [-0.25, -0.2) is 0 Å². The smallest absolute Gasteiger partial charge is 0.253 e. The maximum Gasteiger partial charge on any atom is 0.253 e. The highest BCUT2D eigenvalue weighted by Crippen LogP contribution is 2.17. The molecule has 0 aliphatic heterocycles. The van der Waals surface area contributed by atoms with Crippen LogP contribution in [0.2, 0.25) is 0 Å². The third-order valence-corrected chi connectivity index (χ3v) is 2.76. The van der Waals surface area contributed by atoms with Gasteiger partial charge in [-0.15, -0.1) is 0 Å². The van der Waals surface area contributed by atoms with Crippen molar-refractivity contribution in [3.8, 4) is 0 Å². The highest BCUT2D eigenvalue weighted by Gasteiger charge is 2.10. The number of hydrogen-bond donors (Lipinski definition) is 3. The van der Waals surface area contributed by atoms with E-state index in [-0.39, 0.29) is 19.1 Å². The minimum atomic E-state index is -0.522. The van der Waals surface area contributed by atoms with Crippen molar-refractivity contribution in [1.29, 1.82) is 0 Å². The van der Waals surface area contributed by atoms with Crippen LogP contribution in [0.4, 0.5) is 5.69 Å². The number of benzene rings is 1. The van der Waals surface area contributed by atoms with E-state index in [0.717, 1.165) is 24.2 Å². The second-order valence-corrected chi connectivity index (χ2v) is 4.75. The van der Waals surface area contributed by atoms with Gasteiger partial charge in [0, 0.05) is 18.8 Å². The quantitative estimate of drug-likeness (QED) is 0.593. The van der Waals surface area contributed by atoms with Crippen molar-refractivity contribution in [1.82, 2.24) is 5.32 Å². The number of aryl methyl sites for hydroxylation is 1. The molecule has 0 aliphatic carbocycles. The third kappa shape index (κ3) is 6.27. The summed E-state index contributed by atoms with van der Waals surface area (Å²) >= 11 is 0. The minimum Gasteiger partial charge on any atom is -0.384 e. The zero-order chi connectivity index (χ0) is 15.7. The molecule has 0 aromatic heterocycles. The van der Waals surface area contributed by atoms with Crippen LogP contribution in [-0.2, 0) is 9.53 Å². The molecule has 4 N–H and O–H groups in total. The van der Waals surface area contributed by atoms with Crippen LogP contribution in [0, 0.1) is 6.92 Å². The van der Waals surface area contributed by atoms with Crippen LogP contribution >= 0.6 is 0 Å². The van der Waals surface area contributed by atoms with Crippen molar-refractivity contribution >= 4 is 17.5 Å². The first-order chi connectivity index (χ1) is 10.0. The average molecular weight is 293 g/mol. The predicted molar refractivity (Wildman–Crippen MR) is 82.3 cm³/mol. The number of rotatable bonds is 9. The molecule has 0 spiro atoms. The van der Waals surface area contributed by atoms with E-state index in [2.05, 4.69) is 17.6 Å². The summed E-state index contributed by atoms with van der Waals surface area (Å²) in [5.74, 6) is -0.692. The largest absolute Gasteiger partial charge is 0.384 e. The summed E-state index contributed by atoms with van der Waals surface area (Å²) in [6, 6.07) is 5.65. The summed E-state index contributed by atoms with van der Waals surface area (Å²) in [4.78, 5) is 22.6. The van der Waals surface area contributed by atoms with E-state index in [0.29, 0.717) is 12.1 Å². The lowest BCUT2D eigenvalue weighted by molar-refractivity contribution is -0.122. The van der Waals surface area contributed by atoms with E-state index in [1.165, 1.54) is 0 Å². The molecule has 1 aromatic carbocycles. The first-order valence-electron chi connectivity index (χ1n) is 7.03. The number of amides is 2. The number of carbonyl (C=O) groups excluding carboxylic acids is 2. The standard InChI is InChI=1S/C15H23N3O3/c1-3-6-17-13-9-11(2)4-5-12(13)15(20)18-7-8-21-10-14(16)19/h4-5,9,17H,3,6-8,10H2,1-2H3,(H2,16,19)(H,18,20). The predicted octanol–water partition coefficient (Wildman–Crippen LogP) is 1.05. The summed E-state index contributed by atoms with van der Waals surface area (Å²) in [7, 11) is 0. The van der Waals surface area contributed by atoms with E-state index in [1.54, 1.807) is 6.07 Å². The maximum absolute atomic E-state index is 12.1. The molecule has 2 amide bonds. The van der Waals surface area contributed by atoms with Gasteiger partial charge in [-0.3, -0.25) is 9.59 Å². The molecule has 0 bridgehead atoms. The number of carbonyl (C=O) groups is 2. The molecule has 1 aromatic rings. The van der Waals surface area contributed by atoms with Crippen molar-refractivity contribution < 1.29 is 14.3 Å². The van der Waals surface area contributed by atoms with Crippen molar-refractivity contribution in [2.45, 2.75) is 20.3 Å². The molecule has 0 saturated heterocycles.